The van der Waals surface area contributed by atoms with Crippen LogP contribution in [-0.4, -0.2) is 17.8 Å². The van der Waals surface area contributed by atoms with Gasteiger partial charge in [0.2, 0.25) is 6.33 Å². The van der Waals surface area contributed by atoms with Crippen molar-refractivity contribution in [1.29, 1.82) is 0 Å². The molecule has 0 fully saturated rings. The van der Waals surface area contributed by atoms with Gasteiger partial charge in [0.25, 0.3) is 0 Å². The van der Waals surface area contributed by atoms with Crippen LogP contribution in [0, 0.1) is 41.5 Å². The number of nitrogens with zero attached hydrogens (tertiary/aromatic N) is 2. The zero-order valence-electron chi connectivity index (χ0n) is 20.0. The first-order valence-corrected chi connectivity index (χ1v) is 11.3. The maximum atomic E-state index is 6.06. The summed E-state index contributed by atoms with van der Waals surface area (Å²) >= 11 is 0. The van der Waals surface area contributed by atoms with Gasteiger partial charge < -0.3 is 9.47 Å². The highest BCUT2D eigenvalue weighted by atomic mass is 16.5. The smallest absolute Gasteiger partial charge is 0.243 e. The quantitative estimate of drug-likeness (QED) is 0.316. The van der Waals surface area contributed by atoms with E-state index in [1.54, 1.807) is 0 Å². The average Bonchev–Trinajstić information content (AvgIpc) is 3.13. The number of hydrogen-bond acceptors (Lipinski definition) is 2. The van der Waals surface area contributed by atoms with Crippen molar-refractivity contribution in [1.82, 2.24) is 4.57 Å². The molecule has 4 nitrogen and oxygen atoms in total. The first kappa shape index (κ1) is 22.9. The Hall–Kier alpha value is -2.75. The Bertz CT molecular complexity index is 894. The fourth-order valence-electron chi connectivity index (χ4n) is 4.33. The Morgan fingerprint density at radius 3 is 1.71 bits per heavy atom. The van der Waals surface area contributed by atoms with Gasteiger partial charge in [0.1, 0.15) is 23.9 Å². The minimum Gasteiger partial charge on any atom is -0.493 e. The van der Waals surface area contributed by atoms with E-state index in [-0.39, 0.29) is 0 Å². The van der Waals surface area contributed by atoms with Crippen molar-refractivity contribution in [2.75, 3.05) is 13.2 Å². The van der Waals surface area contributed by atoms with Crippen LogP contribution in [0.3, 0.4) is 0 Å². The molecule has 0 saturated carbocycles. The highest BCUT2D eigenvalue weighted by Crippen LogP contribution is 2.25. The third-order valence-electron chi connectivity index (χ3n) is 5.57. The lowest BCUT2D eigenvalue weighted by atomic mass is 10.1. The number of aromatic nitrogens is 2. The molecule has 0 amide bonds. The molecule has 166 valence electrons. The zero-order chi connectivity index (χ0) is 22.4. The van der Waals surface area contributed by atoms with Crippen LogP contribution in [0.25, 0.3) is 0 Å². The number of ether oxygens (including phenoxy) is 2. The number of hydrogen-bond donors (Lipinski definition) is 0. The predicted molar refractivity (Wildman–Crippen MR) is 126 cm³/mol. The maximum Gasteiger partial charge on any atom is 0.243 e. The van der Waals surface area contributed by atoms with Crippen LogP contribution in [0.15, 0.2) is 43.0 Å². The van der Waals surface area contributed by atoms with Gasteiger partial charge in [-0.1, -0.05) is 35.4 Å². The molecule has 0 radical (unpaired) electrons. The normalized spacial score (nSPS) is 11.0. The average molecular weight is 422 g/mol. The third kappa shape index (κ3) is 6.36. The first-order valence-electron chi connectivity index (χ1n) is 11.3. The fourth-order valence-corrected chi connectivity index (χ4v) is 4.33. The molecular formula is C27H37N2O2+. The van der Waals surface area contributed by atoms with Crippen molar-refractivity contribution >= 4 is 0 Å². The topological polar surface area (TPSA) is 27.3 Å². The van der Waals surface area contributed by atoms with Crippen molar-refractivity contribution in [3.63, 3.8) is 0 Å². The van der Waals surface area contributed by atoms with Gasteiger partial charge in [-0.05, 0) is 63.8 Å². The van der Waals surface area contributed by atoms with Gasteiger partial charge in [0.05, 0.1) is 26.3 Å². The molecule has 3 aromatic rings. The standard InChI is InChI=1S/C27H37N2O2/c1-20-15-22(3)26(23(4)16-20)30-13-7-9-28-11-12-29(19-28)10-8-14-31-27-24(5)17-21(2)18-25(27)6/h11-12,15-19H,7-10,13-14H2,1-6H3/q+1. The molecule has 31 heavy (non-hydrogen) atoms. The maximum absolute atomic E-state index is 6.06. The summed E-state index contributed by atoms with van der Waals surface area (Å²) in [7, 11) is 0. The highest BCUT2D eigenvalue weighted by molar-refractivity contribution is 5.43. The Balaban J connectivity index is 1.39. The van der Waals surface area contributed by atoms with Crippen molar-refractivity contribution in [3.8, 4) is 11.5 Å². The largest absolute Gasteiger partial charge is 0.493 e. The monoisotopic (exact) mass is 421 g/mol. The van der Waals surface area contributed by atoms with Crippen molar-refractivity contribution in [2.45, 2.75) is 67.5 Å². The Kier molecular flexibility index (Phi) is 7.78. The number of rotatable bonds is 10. The zero-order valence-corrected chi connectivity index (χ0v) is 20.0. The van der Waals surface area contributed by atoms with Gasteiger partial charge in [-0.25, -0.2) is 9.13 Å². The summed E-state index contributed by atoms with van der Waals surface area (Å²) in [5.74, 6) is 2.07. The minimum atomic E-state index is 0.728. The molecule has 0 unspecified atom stereocenters. The summed E-state index contributed by atoms with van der Waals surface area (Å²) in [5.41, 5.74) is 7.44. The van der Waals surface area contributed by atoms with Gasteiger partial charge in [-0.15, -0.1) is 0 Å². The fraction of sp³-hybridized carbons (Fsp3) is 0.444. The highest BCUT2D eigenvalue weighted by Gasteiger charge is 2.08. The second-order valence-corrected chi connectivity index (χ2v) is 8.75. The van der Waals surface area contributed by atoms with Gasteiger partial charge in [-0.2, -0.15) is 0 Å². The van der Waals surface area contributed by atoms with Crippen LogP contribution in [-0.2, 0) is 13.1 Å². The molecule has 0 saturated heterocycles. The lowest BCUT2D eigenvalue weighted by Gasteiger charge is -2.12. The molecule has 0 bridgehead atoms. The van der Waals surface area contributed by atoms with E-state index in [2.05, 4.69) is 93.7 Å². The molecule has 0 aliphatic carbocycles. The minimum absolute atomic E-state index is 0.728. The lowest BCUT2D eigenvalue weighted by Crippen LogP contribution is -2.32. The van der Waals surface area contributed by atoms with E-state index >= 15 is 0 Å². The molecule has 0 atom stereocenters. The molecule has 1 aromatic heterocycles. The second-order valence-electron chi connectivity index (χ2n) is 8.75. The summed E-state index contributed by atoms with van der Waals surface area (Å²) in [6, 6.07) is 8.73. The molecule has 3 rings (SSSR count). The van der Waals surface area contributed by atoms with Crippen LogP contribution in [0.1, 0.15) is 46.2 Å². The molecule has 1 heterocycles. The molecule has 0 aliphatic heterocycles. The van der Waals surface area contributed by atoms with Crippen LogP contribution in [0.4, 0.5) is 0 Å². The summed E-state index contributed by atoms with van der Waals surface area (Å²) in [6.07, 6.45) is 8.41. The van der Waals surface area contributed by atoms with Crippen LogP contribution >= 0.6 is 0 Å². The van der Waals surface area contributed by atoms with E-state index in [0.717, 1.165) is 50.6 Å². The molecule has 2 aromatic carbocycles. The number of aryl methyl sites for hydroxylation is 8. The summed E-state index contributed by atoms with van der Waals surface area (Å²) in [5, 5.41) is 0. The van der Waals surface area contributed by atoms with Crippen molar-refractivity contribution < 1.29 is 14.0 Å². The molecular weight excluding hydrogens is 384 g/mol. The van der Waals surface area contributed by atoms with Crippen LogP contribution in [0.2, 0.25) is 0 Å². The van der Waals surface area contributed by atoms with E-state index in [1.165, 1.54) is 33.4 Å². The second kappa shape index (κ2) is 10.5. The van der Waals surface area contributed by atoms with Crippen molar-refractivity contribution in [2.24, 2.45) is 0 Å². The van der Waals surface area contributed by atoms with E-state index in [1.807, 2.05) is 0 Å². The first-order chi connectivity index (χ1) is 14.8. The number of benzene rings is 2. The number of imidazole rings is 1. The van der Waals surface area contributed by atoms with Gasteiger partial charge >= 0.3 is 0 Å². The summed E-state index contributed by atoms with van der Waals surface area (Å²) in [4.78, 5) is 0. The van der Waals surface area contributed by atoms with Gasteiger partial charge in [0.15, 0.2) is 0 Å². The van der Waals surface area contributed by atoms with Gasteiger partial charge in [0, 0.05) is 12.8 Å². The predicted octanol–water partition coefficient (Wildman–Crippen LogP) is 5.56. The summed E-state index contributed by atoms with van der Waals surface area (Å²) < 4.78 is 16.6. The van der Waals surface area contributed by atoms with E-state index < -0.39 is 0 Å². The summed E-state index contributed by atoms with van der Waals surface area (Å²) in [6.45, 7) is 16.1. The third-order valence-corrected chi connectivity index (χ3v) is 5.57. The van der Waals surface area contributed by atoms with Gasteiger partial charge in [-0.3, -0.25) is 0 Å². The molecule has 0 N–H and O–H groups in total. The SMILES string of the molecule is Cc1cc(C)c(OCCCn2cc[n+](CCCOc3c(C)cc(C)cc3C)c2)c(C)c1. The van der Waals surface area contributed by atoms with Crippen LogP contribution in [0.5, 0.6) is 11.5 Å². The molecule has 4 heteroatoms. The van der Waals surface area contributed by atoms with Crippen LogP contribution < -0.4 is 14.0 Å². The van der Waals surface area contributed by atoms with E-state index in [4.69, 9.17) is 9.47 Å². The van der Waals surface area contributed by atoms with E-state index in [0.29, 0.717) is 0 Å². The Morgan fingerprint density at radius 1 is 0.710 bits per heavy atom. The van der Waals surface area contributed by atoms with E-state index in [9.17, 15) is 0 Å². The molecule has 0 aliphatic rings. The Labute approximate surface area is 187 Å². The van der Waals surface area contributed by atoms with Crippen molar-refractivity contribution in [3.05, 3.63) is 76.4 Å². The molecule has 0 spiro atoms. The lowest BCUT2D eigenvalue weighted by molar-refractivity contribution is -0.696. The Morgan fingerprint density at radius 2 is 1.19 bits per heavy atom.